The van der Waals surface area contributed by atoms with E-state index in [1.807, 2.05) is 0 Å². The van der Waals surface area contributed by atoms with Crippen LogP contribution in [-0.2, 0) is 0 Å². The Bertz CT molecular complexity index is 157. The molecule has 0 aromatic carbocycles. The Kier molecular flexibility index (Phi) is 6.07. The van der Waals surface area contributed by atoms with Crippen LogP contribution in [0.3, 0.4) is 0 Å². The highest BCUT2D eigenvalue weighted by atomic mass is 28.3. The zero-order chi connectivity index (χ0) is 12.2. The molecule has 0 bridgehead atoms. The first kappa shape index (κ1) is 15.1. The number of hydrogen-bond acceptors (Lipinski definition) is 2. The van der Waals surface area contributed by atoms with Crippen molar-refractivity contribution in [3.05, 3.63) is 0 Å². The van der Waals surface area contributed by atoms with Gasteiger partial charge >= 0.3 is 0 Å². The second-order valence-corrected chi connectivity index (χ2v) is 11.9. The Morgan fingerprint density at radius 1 is 0.867 bits per heavy atom. The molecule has 3 heteroatoms. The van der Waals surface area contributed by atoms with Crippen LogP contribution in [0.15, 0.2) is 0 Å². The fourth-order valence-electron chi connectivity index (χ4n) is 3.24. The summed E-state index contributed by atoms with van der Waals surface area (Å²) in [6.07, 6.45) is 0. The van der Waals surface area contributed by atoms with Gasteiger partial charge in [0.25, 0.3) is 0 Å². The van der Waals surface area contributed by atoms with E-state index in [4.69, 9.17) is 11.5 Å². The zero-order valence-electron chi connectivity index (χ0n) is 11.4. The van der Waals surface area contributed by atoms with Crippen molar-refractivity contribution < 1.29 is 0 Å². The molecule has 0 saturated carbocycles. The highest BCUT2D eigenvalue weighted by Crippen LogP contribution is 2.44. The van der Waals surface area contributed by atoms with Gasteiger partial charge in [0.1, 0.15) is 0 Å². The number of nitrogens with two attached hydrogens (primary N) is 2. The van der Waals surface area contributed by atoms with E-state index in [1.165, 1.54) is 6.04 Å². The van der Waals surface area contributed by atoms with Crippen LogP contribution in [-0.4, -0.2) is 20.7 Å². The van der Waals surface area contributed by atoms with Crippen molar-refractivity contribution in [2.75, 3.05) is 6.54 Å². The smallest absolute Gasteiger partial charge is 0.0628 e. The Morgan fingerprint density at radius 2 is 1.20 bits per heavy atom. The molecule has 0 aliphatic carbocycles. The van der Waals surface area contributed by atoms with Gasteiger partial charge in [-0.15, -0.1) is 0 Å². The van der Waals surface area contributed by atoms with Crippen molar-refractivity contribution in [1.29, 1.82) is 0 Å². The molecule has 0 fully saturated rings. The predicted molar refractivity (Wildman–Crippen MR) is 72.9 cm³/mol. The average Bonchev–Trinajstić information content (AvgIpc) is 2.11. The summed E-state index contributed by atoms with van der Waals surface area (Å²) in [5, 5.41) is 0. The SMILES string of the molecule is CC(C)[Si](CC(N)CN)(C(C)C)C(C)C. The first-order valence-corrected chi connectivity index (χ1v) is 8.68. The predicted octanol–water partition coefficient (Wildman–Crippen LogP) is 2.95. The van der Waals surface area contributed by atoms with Crippen molar-refractivity contribution in [3.63, 3.8) is 0 Å². The Balaban J connectivity index is 4.96. The molecule has 1 unspecified atom stereocenters. The zero-order valence-corrected chi connectivity index (χ0v) is 12.4. The van der Waals surface area contributed by atoms with E-state index in [1.54, 1.807) is 0 Å². The molecule has 0 saturated heterocycles. The molecule has 0 aliphatic rings. The minimum absolute atomic E-state index is 0.198. The fourth-order valence-corrected chi connectivity index (χ4v) is 9.73. The fraction of sp³-hybridized carbons (Fsp3) is 1.00. The van der Waals surface area contributed by atoms with Crippen LogP contribution >= 0.6 is 0 Å². The molecular weight excluding hydrogens is 200 g/mol. The molecule has 92 valence electrons. The van der Waals surface area contributed by atoms with E-state index in [2.05, 4.69) is 41.5 Å². The first-order chi connectivity index (χ1) is 6.78. The van der Waals surface area contributed by atoms with Crippen molar-refractivity contribution >= 4 is 8.07 Å². The minimum Gasteiger partial charge on any atom is -0.329 e. The van der Waals surface area contributed by atoms with Crippen LogP contribution in [0.2, 0.25) is 22.7 Å². The third-order valence-corrected chi connectivity index (χ3v) is 11.8. The van der Waals surface area contributed by atoms with E-state index in [0.29, 0.717) is 6.54 Å². The summed E-state index contributed by atoms with van der Waals surface area (Å²) in [5.74, 6) is 0. The normalized spacial score (nSPS) is 15.4. The lowest BCUT2D eigenvalue weighted by atomic mass is 10.4. The van der Waals surface area contributed by atoms with Crippen LogP contribution in [0.1, 0.15) is 41.5 Å². The average molecular weight is 230 g/mol. The summed E-state index contributed by atoms with van der Waals surface area (Å²) in [7, 11) is -1.32. The lowest BCUT2D eigenvalue weighted by Gasteiger charge is -2.44. The van der Waals surface area contributed by atoms with Crippen molar-refractivity contribution in [2.24, 2.45) is 11.5 Å². The van der Waals surface area contributed by atoms with E-state index in [0.717, 1.165) is 16.6 Å². The summed E-state index contributed by atoms with van der Waals surface area (Å²) >= 11 is 0. The maximum atomic E-state index is 6.08. The van der Waals surface area contributed by atoms with Crippen LogP contribution in [0, 0.1) is 0 Å². The van der Waals surface area contributed by atoms with Crippen molar-refractivity contribution in [3.8, 4) is 0 Å². The minimum atomic E-state index is -1.32. The van der Waals surface area contributed by atoms with Crippen LogP contribution in [0.25, 0.3) is 0 Å². The molecule has 0 radical (unpaired) electrons. The van der Waals surface area contributed by atoms with Gasteiger partial charge in [-0.3, -0.25) is 0 Å². The summed E-state index contributed by atoms with van der Waals surface area (Å²) in [6.45, 7) is 14.8. The summed E-state index contributed by atoms with van der Waals surface area (Å²) in [5.41, 5.74) is 14.1. The van der Waals surface area contributed by atoms with Gasteiger partial charge in [-0.2, -0.15) is 0 Å². The van der Waals surface area contributed by atoms with Crippen LogP contribution < -0.4 is 11.5 Å². The molecule has 0 aromatic rings. The quantitative estimate of drug-likeness (QED) is 0.689. The van der Waals surface area contributed by atoms with Gasteiger partial charge in [-0.05, 0) is 6.04 Å². The molecule has 0 rings (SSSR count). The Morgan fingerprint density at radius 3 is 1.40 bits per heavy atom. The van der Waals surface area contributed by atoms with Gasteiger partial charge in [-0.25, -0.2) is 0 Å². The summed E-state index contributed by atoms with van der Waals surface area (Å²) in [6, 6.07) is 1.38. The maximum absolute atomic E-state index is 6.08. The second kappa shape index (κ2) is 6.02. The highest BCUT2D eigenvalue weighted by molar-refractivity contribution is 6.83. The maximum Gasteiger partial charge on any atom is 0.0628 e. The van der Waals surface area contributed by atoms with Crippen LogP contribution in [0.4, 0.5) is 0 Å². The van der Waals surface area contributed by atoms with Gasteiger partial charge < -0.3 is 11.5 Å². The molecule has 2 nitrogen and oxygen atoms in total. The largest absolute Gasteiger partial charge is 0.329 e. The summed E-state index contributed by atoms with van der Waals surface area (Å²) < 4.78 is 0. The van der Waals surface area contributed by atoms with Crippen molar-refractivity contribution in [1.82, 2.24) is 0 Å². The van der Waals surface area contributed by atoms with Gasteiger partial charge in [0, 0.05) is 12.6 Å². The number of hydrogen-bond donors (Lipinski definition) is 2. The summed E-state index contributed by atoms with van der Waals surface area (Å²) in [4.78, 5) is 0. The lowest BCUT2D eigenvalue weighted by Crippen LogP contribution is -2.50. The standard InChI is InChI=1S/C12H30N2Si/c1-9(2)15(10(3)4,11(5)6)8-12(14)7-13/h9-12H,7-8,13-14H2,1-6H3. The third kappa shape index (κ3) is 3.30. The molecular formula is C12H30N2Si. The van der Waals surface area contributed by atoms with E-state index < -0.39 is 8.07 Å². The molecule has 0 aromatic heterocycles. The van der Waals surface area contributed by atoms with E-state index in [9.17, 15) is 0 Å². The van der Waals surface area contributed by atoms with Gasteiger partial charge in [0.05, 0.1) is 8.07 Å². The molecule has 0 aliphatic heterocycles. The Labute approximate surface area is 96.8 Å². The number of rotatable bonds is 6. The van der Waals surface area contributed by atoms with E-state index >= 15 is 0 Å². The van der Waals surface area contributed by atoms with Gasteiger partial charge in [-0.1, -0.05) is 58.2 Å². The first-order valence-electron chi connectivity index (χ1n) is 6.24. The molecule has 0 spiro atoms. The highest BCUT2D eigenvalue weighted by Gasteiger charge is 2.43. The van der Waals surface area contributed by atoms with E-state index in [-0.39, 0.29) is 6.04 Å². The molecule has 1 atom stereocenters. The molecule has 0 amide bonds. The van der Waals surface area contributed by atoms with Gasteiger partial charge in [0.15, 0.2) is 0 Å². The molecule has 4 N–H and O–H groups in total. The lowest BCUT2D eigenvalue weighted by molar-refractivity contribution is 0.692. The monoisotopic (exact) mass is 230 g/mol. The Hall–Kier alpha value is 0.137. The second-order valence-electron chi connectivity index (χ2n) is 5.78. The molecule has 15 heavy (non-hydrogen) atoms. The van der Waals surface area contributed by atoms with Crippen LogP contribution in [0.5, 0.6) is 0 Å². The topological polar surface area (TPSA) is 52.0 Å². The third-order valence-electron chi connectivity index (χ3n) is 4.14. The molecule has 0 heterocycles. The van der Waals surface area contributed by atoms with Gasteiger partial charge in [0.2, 0.25) is 0 Å². The van der Waals surface area contributed by atoms with Crippen molar-refractivity contribution in [2.45, 2.75) is 70.3 Å².